The summed E-state index contributed by atoms with van der Waals surface area (Å²) < 4.78 is 10.7. The van der Waals surface area contributed by atoms with Gasteiger partial charge >= 0.3 is 0 Å². The summed E-state index contributed by atoms with van der Waals surface area (Å²) in [6.07, 6.45) is 2.22. The summed E-state index contributed by atoms with van der Waals surface area (Å²) in [4.78, 5) is 0. The van der Waals surface area contributed by atoms with E-state index < -0.39 is 0 Å². The van der Waals surface area contributed by atoms with Crippen molar-refractivity contribution in [3.8, 4) is 11.5 Å². The van der Waals surface area contributed by atoms with Crippen LogP contribution >= 0.6 is 11.6 Å². The second-order valence-electron chi connectivity index (χ2n) is 5.29. The molecule has 0 saturated carbocycles. The normalized spacial score (nSPS) is 12.6. The van der Waals surface area contributed by atoms with Crippen LogP contribution in [0.4, 0.5) is 0 Å². The highest BCUT2D eigenvalue weighted by molar-refractivity contribution is 6.33. The predicted octanol–water partition coefficient (Wildman–Crippen LogP) is 4.44. The summed E-state index contributed by atoms with van der Waals surface area (Å²) in [5.41, 5.74) is 1.10. The Morgan fingerprint density at radius 1 is 1.15 bits per heavy atom. The maximum atomic E-state index is 6.34. The highest BCUT2D eigenvalue weighted by atomic mass is 35.5. The van der Waals surface area contributed by atoms with E-state index in [1.807, 2.05) is 12.1 Å². The highest BCUT2D eigenvalue weighted by Crippen LogP contribution is 2.40. The number of hydrogen-bond donors (Lipinski definition) is 1. The van der Waals surface area contributed by atoms with Crippen LogP contribution in [0.3, 0.4) is 0 Å². The number of hydrogen-bond acceptors (Lipinski definition) is 3. The van der Waals surface area contributed by atoms with Crippen molar-refractivity contribution < 1.29 is 9.47 Å². The van der Waals surface area contributed by atoms with Gasteiger partial charge < -0.3 is 14.8 Å². The van der Waals surface area contributed by atoms with Gasteiger partial charge in [0.15, 0.2) is 0 Å². The van der Waals surface area contributed by atoms with E-state index in [0.29, 0.717) is 22.4 Å². The molecule has 0 saturated heterocycles. The van der Waals surface area contributed by atoms with Crippen LogP contribution in [0, 0.1) is 5.92 Å². The molecule has 4 heteroatoms. The molecule has 0 amide bonds. The third-order valence-corrected chi connectivity index (χ3v) is 3.73. The molecule has 1 rings (SSSR count). The number of benzene rings is 1. The number of halogens is 1. The molecule has 1 N–H and O–H groups in total. The zero-order valence-electron chi connectivity index (χ0n) is 13.1. The van der Waals surface area contributed by atoms with E-state index in [1.165, 1.54) is 0 Å². The second kappa shape index (κ2) is 8.38. The van der Waals surface area contributed by atoms with Gasteiger partial charge in [-0.1, -0.05) is 32.4 Å². The summed E-state index contributed by atoms with van der Waals surface area (Å²) >= 11 is 6.34. The molecule has 114 valence electrons. The Kier molecular flexibility index (Phi) is 7.17. The van der Waals surface area contributed by atoms with Gasteiger partial charge in [-0.05, 0) is 37.4 Å². The largest absolute Gasteiger partial charge is 0.495 e. The monoisotopic (exact) mass is 299 g/mol. The summed E-state index contributed by atoms with van der Waals surface area (Å²) in [6, 6.07) is 4.19. The molecule has 3 nitrogen and oxygen atoms in total. The predicted molar refractivity (Wildman–Crippen MR) is 85.0 cm³/mol. The Hall–Kier alpha value is -0.930. The molecule has 0 spiro atoms. The lowest BCUT2D eigenvalue weighted by Gasteiger charge is -2.23. The summed E-state index contributed by atoms with van der Waals surface area (Å²) in [5.74, 6) is 2.03. The summed E-state index contributed by atoms with van der Waals surface area (Å²) in [7, 11) is 3.26. The Bertz CT molecular complexity index is 421. The highest BCUT2D eigenvalue weighted by Gasteiger charge is 2.20. The van der Waals surface area contributed by atoms with Crippen molar-refractivity contribution >= 4 is 11.6 Å². The minimum atomic E-state index is 0.251. The van der Waals surface area contributed by atoms with E-state index in [4.69, 9.17) is 21.1 Å². The van der Waals surface area contributed by atoms with Crippen molar-refractivity contribution in [2.75, 3.05) is 20.8 Å². The van der Waals surface area contributed by atoms with Gasteiger partial charge in [-0.25, -0.2) is 0 Å². The fraction of sp³-hybridized carbons (Fsp3) is 0.625. The lowest BCUT2D eigenvalue weighted by molar-refractivity contribution is 0.377. The van der Waals surface area contributed by atoms with Gasteiger partial charge in [-0.2, -0.15) is 0 Å². The number of rotatable bonds is 8. The average molecular weight is 300 g/mol. The van der Waals surface area contributed by atoms with E-state index in [9.17, 15) is 0 Å². The van der Waals surface area contributed by atoms with Gasteiger partial charge in [0.1, 0.15) is 16.5 Å². The van der Waals surface area contributed by atoms with Crippen LogP contribution in [0.25, 0.3) is 0 Å². The first-order valence-electron chi connectivity index (χ1n) is 7.18. The number of ether oxygens (including phenoxy) is 2. The van der Waals surface area contributed by atoms with Gasteiger partial charge in [0.2, 0.25) is 0 Å². The molecule has 0 aliphatic carbocycles. The first-order chi connectivity index (χ1) is 9.54. The van der Waals surface area contributed by atoms with E-state index >= 15 is 0 Å². The molecule has 1 unspecified atom stereocenters. The molecule has 1 atom stereocenters. The zero-order chi connectivity index (χ0) is 15.1. The van der Waals surface area contributed by atoms with E-state index in [1.54, 1.807) is 14.2 Å². The fourth-order valence-corrected chi connectivity index (χ4v) is 2.63. The Morgan fingerprint density at radius 3 is 2.35 bits per heavy atom. The molecular formula is C16H26ClNO2. The molecule has 0 fully saturated rings. The molecule has 20 heavy (non-hydrogen) atoms. The topological polar surface area (TPSA) is 30.5 Å². The van der Waals surface area contributed by atoms with Crippen LogP contribution < -0.4 is 14.8 Å². The SMILES string of the molecule is CCNC(CCC(C)C)c1ccc(OC)c(Cl)c1OC. The lowest BCUT2D eigenvalue weighted by atomic mass is 9.96. The van der Waals surface area contributed by atoms with Gasteiger partial charge in [0.25, 0.3) is 0 Å². The molecule has 0 radical (unpaired) electrons. The number of methoxy groups -OCH3 is 2. The van der Waals surface area contributed by atoms with Crippen LogP contribution in [-0.2, 0) is 0 Å². The summed E-state index contributed by atoms with van der Waals surface area (Å²) in [6.45, 7) is 7.50. The van der Waals surface area contributed by atoms with Gasteiger partial charge in [-0.3, -0.25) is 0 Å². The van der Waals surface area contributed by atoms with Gasteiger partial charge in [0, 0.05) is 11.6 Å². The van der Waals surface area contributed by atoms with Crippen molar-refractivity contribution in [1.82, 2.24) is 5.32 Å². The average Bonchev–Trinajstić information content (AvgIpc) is 2.43. The molecular weight excluding hydrogens is 274 g/mol. The van der Waals surface area contributed by atoms with Crippen LogP contribution in [-0.4, -0.2) is 20.8 Å². The molecule has 1 aromatic carbocycles. The molecule has 1 aromatic rings. The van der Waals surface area contributed by atoms with E-state index in [2.05, 4.69) is 26.1 Å². The maximum Gasteiger partial charge on any atom is 0.146 e. The Morgan fingerprint density at radius 2 is 1.85 bits per heavy atom. The van der Waals surface area contributed by atoms with Crippen LogP contribution in [0.2, 0.25) is 5.02 Å². The number of nitrogens with one attached hydrogen (secondary N) is 1. The fourth-order valence-electron chi connectivity index (χ4n) is 2.31. The molecule has 0 heterocycles. The standard InChI is InChI=1S/C16H26ClNO2/c1-6-18-13(9-7-11(2)3)12-8-10-14(19-4)15(17)16(12)20-5/h8,10-11,13,18H,6-7,9H2,1-5H3. The maximum absolute atomic E-state index is 6.34. The molecule has 0 aromatic heterocycles. The van der Waals surface area contributed by atoms with Crippen molar-refractivity contribution in [3.05, 3.63) is 22.7 Å². The minimum absolute atomic E-state index is 0.251. The van der Waals surface area contributed by atoms with Crippen LogP contribution in [0.5, 0.6) is 11.5 Å². The van der Waals surface area contributed by atoms with E-state index in [0.717, 1.165) is 24.9 Å². The van der Waals surface area contributed by atoms with E-state index in [-0.39, 0.29) is 6.04 Å². The third-order valence-electron chi connectivity index (χ3n) is 3.37. The first kappa shape index (κ1) is 17.1. The van der Waals surface area contributed by atoms with Crippen molar-refractivity contribution in [2.45, 2.75) is 39.7 Å². The third kappa shape index (κ3) is 4.29. The quantitative estimate of drug-likeness (QED) is 0.769. The van der Waals surface area contributed by atoms with Gasteiger partial charge in [-0.15, -0.1) is 0 Å². The molecule has 0 bridgehead atoms. The Labute approximate surface area is 127 Å². The molecule has 0 aliphatic heterocycles. The van der Waals surface area contributed by atoms with Crippen molar-refractivity contribution in [3.63, 3.8) is 0 Å². The second-order valence-corrected chi connectivity index (χ2v) is 5.66. The Balaban J connectivity index is 3.08. The lowest BCUT2D eigenvalue weighted by Crippen LogP contribution is -2.22. The van der Waals surface area contributed by atoms with Gasteiger partial charge in [0.05, 0.1) is 14.2 Å². The van der Waals surface area contributed by atoms with Crippen molar-refractivity contribution in [1.29, 1.82) is 0 Å². The minimum Gasteiger partial charge on any atom is -0.495 e. The first-order valence-corrected chi connectivity index (χ1v) is 7.56. The smallest absolute Gasteiger partial charge is 0.146 e. The van der Waals surface area contributed by atoms with Crippen LogP contribution in [0.15, 0.2) is 12.1 Å². The summed E-state index contributed by atoms with van der Waals surface area (Å²) in [5, 5.41) is 4.06. The molecule has 0 aliphatic rings. The zero-order valence-corrected chi connectivity index (χ0v) is 13.9. The van der Waals surface area contributed by atoms with Crippen molar-refractivity contribution in [2.24, 2.45) is 5.92 Å². The van der Waals surface area contributed by atoms with Crippen LogP contribution in [0.1, 0.15) is 45.2 Å².